The van der Waals surface area contributed by atoms with E-state index in [1.54, 1.807) is 24.4 Å². The lowest BCUT2D eigenvalue weighted by Crippen LogP contribution is -2.30. The van der Waals surface area contributed by atoms with Crippen LogP contribution in [-0.2, 0) is 6.42 Å². The second kappa shape index (κ2) is 8.25. The van der Waals surface area contributed by atoms with Crippen molar-refractivity contribution in [2.75, 3.05) is 11.9 Å². The predicted octanol–water partition coefficient (Wildman–Crippen LogP) is 4.56. The van der Waals surface area contributed by atoms with Crippen molar-refractivity contribution in [3.8, 4) is 11.1 Å². The fraction of sp³-hybridized carbons (Fsp3) is 0.143. The Kier molecular flexibility index (Phi) is 5.59. The van der Waals surface area contributed by atoms with Crippen molar-refractivity contribution in [1.29, 1.82) is 0 Å². The summed E-state index contributed by atoms with van der Waals surface area (Å²) in [6.07, 6.45) is 2.22. The molecule has 26 heavy (non-hydrogen) atoms. The van der Waals surface area contributed by atoms with Gasteiger partial charge in [0.15, 0.2) is 0 Å². The molecule has 1 aromatic heterocycles. The number of amides is 2. The Hall–Kier alpha value is -3.21. The number of halogens is 1. The van der Waals surface area contributed by atoms with Crippen LogP contribution in [-0.4, -0.2) is 17.6 Å². The number of pyridine rings is 1. The number of aryl methyl sites for hydroxylation is 1. The van der Waals surface area contributed by atoms with Crippen molar-refractivity contribution >= 4 is 11.7 Å². The molecule has 132 valence electrons. The number of nitrogens with one attached hydrogen (secondary N) is 2. The zero-order chi connectivity index (χ0) is 18.4. The van der Waals surface area contributed by atoms with E-state index < -0.39 is 0 Å². The standard InChI is InChI=1S/C21H20FN3O/c1-15-14-18(11-12-23-15)16-6-8-19(9-7-16)25-21(26)24-13-10-17-4-2-3-5-20(17)22/h2-9,11-12,14H,10,13H2,1H3,(H2,24,25,26). The molecule has 0 spiro atoms. The van der Waals surface area contributed by atoms with Gasteiger partial charge in [0.2, 0.25) is 0 Å². The maximum absolute atomic E-state index is 13.5. The molecule has 0 unspecified atom stereocenters. The number of carbonyl (C=O) groups excluding carboxylic acids is 1. The number of rotatable bonds is 5. The summed E-state index contributed by atoms with van der Waals surface area (Å²) in [6.45, 7) is 2.31. The molecule has 3 rings (SSSR count). The van der Waals surface area contributed by atoms with Crippen molar-refractivity contribution in [3.63, 3.8) is 0 Å². The summed E-state index contributed by atoms with van der Waals surface area (Å²) in [4.78, 5) is 16.2. The molecule has 3 aromatic rings. The first-order valence-electron chi connectivity index (χ1n) is 8.43. The molecule has 0 aliphatic rings. The third kappa shape index (κ3) is 4.66. The Labute approximate surface area is 152 Å². The van der Waals surface area contributed by atoms with E-state index in [0.717, 1.165) is 16.8 Å². The quantitative estimate of drug-likeness (QED) is 0.709. The van der Waals surface area contributed by atoms with Gasteiger partial charge < -0.3 is 10.6 Å². The molecule has 2 N–H and O–H groups in total. The van der Waals surface area contributed by atoms with Crippen LogP contribution in [0.25, 0.3) is 11.1 Å². The van der Waals surface area contributed by atoms with E-state index >= 15 is 0 Å². The molecule has 0 aliphatic carbocycles. The number of carbonyl (C=O) groups is 1. The topological polar surface area (TPSA) is 54.0 Å². The third-order valence-corrected chi connectivity index (χ3v) is 4.01. The van der Waals surface area contributed by atoms with E-state index in [1.807, 2.05) is 43.3 Å². The molecule has 2 amide bonds. The van der Waals surface area contributed by atoms with E-state index in [-0.39, 0.29) is 11.8 Å². The number of hydrogen-bond donors (Lipinski definition) is 2. The van der Waals surface area contributed by atoms with Crippen LogP contribution in [0.3, 0.4) is 0 Å². The van der Waals surface area contributed by atoms with Crippen molar-refractivity contribution in [3.05, 3.63) is 83.9 Å². The van der Waals surface area contributed by atoms with Gasteiger partial charge in [0.25, 0.3) is 0 Å². The monoisotopic (exact) mass is 349 g/mol. The van der Waals surface area contributed by atoms with Crippen molar-refractivity contribution in [2.24, 2.45) is 0 Å². The zero-order valence-electron chi connectivity index (χ0n) is 14.5. The van der Waals surface area contributed by atoms with Gasteiger partial charge in [0.05, 0.1) is 0 Å². The minimum atomic E-state index is -0.311. The molecular weight excluding hydrogens is 329 g/mol. The van der Waals surface area contributed by atoms with Crippen molar-refractivity contribution < 1.29 is 9.18 Å². The average Bonchev–Trinajstić information content (AvgIpc) is 2.64. The molecule has 0 radical (unpaired) electrons. The highest BCUT2D eigenvalue weighted by molar-refractivity contribution is 5.89. The molecule has 0 saturated heterocycles. The number of hydrogen-bond acceptors (Lipinski definition) is 2. The van der Waals surface area contributed by atoms with Crippen LogP contribution in [0.15, 0.2) is 66.9 Å². The maximum atomic E-state index is 13.5. The predicted molar refractivity (Wildman–Crippen MR) is 102 cm³/mol. The summed E-state index contributed by atoms with van der Waals surface area (Å²) in [5.74, 6) is -0.253. The van der Waals surface area contributed by atoms with Crippen LogP contribution in [0.1, 0.15) is 11.3 Å². The Morgan fingerprint density at radius 1 is 1.04 bits per heavy atom. The normalized spacial score (nSPS) is 10.4. The molecule has 0 saturated carbocycles. The number of urea groups is 1. The molecule has 2 aromatic carbocycles. The van der Waals surface area contributed by atoms with Crippen LogP contribution in [0.5, 0.6) is 0 Å². The summed E-state index contributed by atoms with van der Waals surface area (Å²) in [7, 11) is 0. The van der Waals surface area contributed by atoms with E-state index in [0.29, 0.717) is 24.2 Å². The summed E-state index contributed by atoms with van der Waals surface area (Å²) < 4.78 is 13.5. The molecule has 0 bridgehead atoms. The van der Waals surface area contributed by atoms with Crippen molar-refractivity contribution in [2.45, 2.75) is 13.3 Å². The molecule has 1 heterocycles. The Morgan fingerprint density at radius 3 is 2.54 bits per heavy atom. The van der Waals surface area contributed by atoms with Crippen LogP contribution >= 0.6 is 0 Å². The lowest BCUT2D eigenvalue weighted by molar-refractivity contribution is 0.252. The first-order chi connectivity index (χ1) is 12.6. The van der Waals surface area contributed by atoms with Crippen LogP contribution < -0.4 is 10.6 Å². The molecule has 4 nitrogen and oxygen atoms in total. The SMILES string of the molecule is Cc1cc(-c2ccc(NC(=O)NCCc3ccccc3F)cc2)ccn1. The van der Waals surface area contributed by atoms with Gasteiger partial charge in [-0.25, -0.2) is 9.18 Å². The zero-order valence-corrected chi connectivity index (χ0v) is 14.5. The Bertz CT molecular complexity index is 894. The number of aromatic nitrogens is 1. The second-order valence-corrected chi connectivity index (χ2v) is 5.99. The third-order valence-electron chi connectivity index (χ3n) is 4.01. The Balaban J connectivity index is 1.52. The van der Waals surface area contributed by atoms with Gasteiger partial charge in [-0.1, -0.05) is 30.3 Å². The lowest BCUT2D eigenvalue weighted by atomic mass is 10.1. The molecule has 5 heteroatoms. The minimum absolute atomic E-state index is 0.253. The van der Waals surface area contributed by atoms with Crippen LogP contribution in [0.2, 0.25) is 0 Å². The Morgan fingerprint density at radius 2 is 1.81 bits per heavy atom. The highest BCUT2D eigenvalue weighted by Gasteiger charge is 2.04. The highest BCUT2D eigenvalue weighted by Crippen LogP contribution is 2.21. The molecular formula is C21H20FN3O. The second-order valence-electron chi connectivity index (χ2n) is 5.99. The number of benzene rings is 2. The van der Waals surface area contributed by atoms with Gasteiger partial charge in [-0.05, 0) is 60.4 Å². The fourth-order valence-corrected chi connectivity index (χ4v) is 2.66. The lowest BCUT2D eigenvalue weighted by Gasteiger charge is -2.09. The molecule has 0 fully saturated rings. The number of nitrogens with zero attached hydrogens (tertiary/aromatic N) is 1. The molecule has 0 aliphatic heterocycles. The van der Waals surface area contributed by atoms with Gasteiger partial charge in [-0.2, -0.15) is 0 Å². The average molecular weight is 349 g/mol. The van der Waals surface area contributed by atoms with Crippen LogP contribution in [0.4, 0.5) is 14.9 Å². The summed E-state index contributed by atoms with van der Waals surface area (Å²) in [6, 6.07) is 17.8. The van der Waals surface area contributed by atoms with E-state index in [9.17, 15) is 9.18 Å². The smallest absolute Gasteiger partial charge is 0.319 e. The maximum Gasteiger partial charge on any atom is 0.319 e. The van der Waals surface area contributed by atoms with Crippen LogP contribution in [0, 0.1) is 12.7 Å². The highest BCUT2D eigenvalue weighted by atomic mass is 19.1. The largest absolute Gasteiger partial charge is 0.338 e. The number of anilines is 1. The fourth-order valence-electron chi connectivity index (χ4n) is 2.66. The van der Waals surface area contributed by atoms with Gasteiger partial charge in [-0.3, -0.25) is 4.98 Å². The summed E-state index contributed by atoms with van der Waals surface area (Å²) in [5, 5.41) is 5.51. The van der Waals surface area contributed by atoms with E-state index in [4.69, 9.17) is 0 Å². The molecule has 0 atom stereocenters. The van der Waals surface area contributed by atoms with E-state index in [1.165, 1.54) is 6.07 Å². The minimum Gasteiger partial charge on any atom is -0.338 e. The van der Waals surface area contributed by atoms with Gasteiger partial charge in [0, 0.05) is 24.1 Å². The summed E-state index contributed by atoms with van der Waals surface area (Å²) >= 11 is 0. The van der Waals surface area contributed by atoms with E-state index in [2.05, 4.69) is 15.6 Å². The first kappa shape index (κ1) is 17.6. The first-order valence-corrected chi connectivity index (χ1v) is 8.43. The van der Waals surface area contributed by atoms with Gasteiger partial charge in [-0.15, -0.1) is 0 Å². The van der Waals surface area contributed by atoms with Gasteiger partial charge in [0.1, 0.15) is 5.82 Å². The summed E-state index contributed by atoms with van der Waals surface area (Å²) in [5.41, 5.74) is 4.38. The van der Waals surface area contributed by atoms with Gasteiger partial charge >= 0.3 is 6.03 Å². The van der Waals surface area contributed by atoms with Crippen molar-refractivity contribution in [1.82, 2.24) is 10.3 Å².